The van der Waals surface area contributed by atoms with Gasteiger partial charge in [-0.25, -0.2) is 5.01 Å². The summed E-state index contributed by atoms with van der Waals surface area (Å²) in [6.07, 6.45) is 0. The fraction of sp³-hybridized carbons (Fsp3) is 0.400. The van der Waals surface area contributed by atoms with E-state index in [-0.39, 0.29) is 0 Å². The molecule has 3 N–H and O–H groups in total. The highest BCUT2D eigenvalue weighted by Crippen LogP contribution is 2.13. The van der Waals surface area contributed by atoms with Gasteiger partial charge in [0.2, 0.25) is 0 Å². The van der Waals surface area contributed by atoms with Gasteiger partial charge in [0.05, 0.1) is 18.9 Å². The third-order valence-corrected chi connectivity index (χ3v) is 2.18. The summed E-state index contributed by atoms with van der Waals surface area (Å²) in [5.74, 6) is 0. The molecule has 0 atom stereocenters. The van der Waals surface area contributed by atoms with Crippen molar-refractivity contribution in [3.05, 3.63) is 24.3 Å². The Balaban J connectivity index is 1.95. The van der Waals surface area contributed by atoms with E-state index in [9.17, 15) is 0 Å². The SMILES string of the molecule is Nc1cccc(NN2CCOCC2)c1. The maximum absolute atomic E-state index is 5.68. The van der Waals surface area contributed by atoms with Gasteiger partial charge in [0, 0.05) is 18.8 Å². The van der Waals surface area contributed by atoms with Crippen molar-refractivity contribution in [2.75, 3.05) is 37.5 Å². The molecule has 1 saturated heterocycles. The number of hydrogen-bond acceptors (Lipinski definition) is 4. The second kappa shape index (κ2) is 4.30. The molecule has 0 saturated carbocycles. The van der Waals surface area contributed by atoms with Crippen LogP contribution in [-0.4, -0.2) is 31.3 Å². The van der Waals surface area contributed by atoms with Gasteiger partial charge >= 0.3 is 0 Å². The highest BCUT2D eigenvalue weighted by atomic mass is 16.5. The van der Waals surface area contributed by atoms with Crippen LogP contribution in [0.15, 0.2) is 24.3 Å². The summed E-state index contributed by atoms with van der Waals surface area (Å²) in [5, 5.41) is 2.14. The van der Waals surface area contributed by atoms with Crippen LogP contribution in [0.5, 0.6) is 0 Å². The van der Waals surface area contributed by atoms with Crippen molar-refractivity contribution in [3.8, 4) is 0 Å². The first-order chi connectivity index (χ1) is 6.84. The van der Waals surface area contributed by atoms with E-state index in [1.165, 1.54) is 0 Å². The summed E-state index contributed by atoms with van der Waals surface area (Å²) < 4.78 is 5.25. The number of morpholine rings is 1. The van der Waals surface area contributed by atoms with Gasteiger partial charge in [0.1, 0.15) is 0 Å². The van der Waals surface area contributed by atoms with Crippen LogP contribution in [0.2, 0.25) is 0 Å². The van der Waals surface area contributed by atoms with Crippen LogP contribution in [0.4, 0.5) is 11.4 Å². The first-order valence-corrected chi connectivity index (χ1v) is 4.79. The summed E-state index contributed by atoms with van der Waals surface area (Å²) >= 11 is 0. The summed E-state index contributed by atoms with van der Waals surface area (Å²) in [5.41, 5.74) is 10.8. The number of nitrogen functional groups attached to an aromatic ring is 1. The summed E-state index contributed by atoms with van der Waals surface area (Å²) in [7, 11) is 0. The van der Waals surface area contributed by atoms with Gasteiger partial charge in [0.25, 0.3) is 0 Å². The van der Waals surface area contributed by atoms with Gasteiger partial charge in [-0.05, 0) is 18.2 Å². The van der Waals surface area contributed by atoms with Crippen molar-refractivity contribution >= 4 is 11.4 Å². The lowest BCUT2D eigenvalue weighted by atomic mass is 10.3. The largest absolute Gasteiger partial charge is 0.399 e. The minimum atomic E-state index is 0.781. The van der Waals surface area contributed by atoms with E-state index in [0.717, 1.165) is 37.7 Å². The van der Waals surface area contributed by atoms with E-state index < -0.39 is 0 Å². The number of nitrogens with one attached hydrogen (secondary N) is 1. The van der Waals surface area contributed by atoms with E-state index in [4.69, 9.17) is 10.5 Å². The number of hydrogen-bond donors (Lipinski definition) is 2. The van der Waals surface area contributed by atoms with Gasteiger partial charge in [-0.2, -0.15) is 0 Å². The third-order valence-electron chi connectivity index (χ3n) is 2.18. The molecule has 0 radical (unpaired) electrons. The summed E-state index contributed by atoms with van der Waals surface area (Å²) in [6.45, 7) is 3.40. The van der Waals surface area contributed by atoms with Crippen molar-refractivity contribution in [2.24, 2.45) is 0 Å². The van der Waals surface area contributed by atoms with Crippen molar-refractivity contribution in [3.63, 3.8) is 0 Å². The lowest BCUT2D eigenvalue weighted by Gasteiger charge is -2.27. The van der Waals surface area contributed by atoms with Crippen LogP contribution in [0.1, 0.15) is 0 Å². The van der Waals surface area contributed by atoms with Crippen LogP contribution in [0.25, 0.3) is 0 Å². The Labute approximate surface area is 83.6 Å². The normalized spacial score (nSPS) is 18.0. The maximum atomic E-state index is 5.68. The predicted molar refractivity (Wildman–Crippen MR) is 56.9 cm³/mol. The molecule has 76 valence electrons. The van der Waals surface area contributed by atoms with Gasteiger partial charge in [-0.3, -0.25) is 0 Å². The molecule has 1 aromatic rings. The van der Waals surface area contributed by atoms with Crippen molar-refractivity contribution in [1.29, 1.82) is 0 Å². The molecule has 4 nitrogen and oxygen atoms in total. The topological polar surface area (TPSA) is 50.5 Å². The van der Waals surface area contributed by atoms with Crippen LogP contribution >= 0.6 is 0 Å². The Hall–Kier alpha value is -1.26. The quantitative estimate of drug-likeness (QED) is 0.686. The predicted octanol–water partition coefficient (Wildman–Crippen LogP) is 0.928. The first kappa shape index (κ1) is 9.30. The minimum absolute atomic E-state index is 0.781. The smallest absolute Gasteiger partial charge is 0.0612 e. The second-order valence-electron chi connectivity index (χ2n) is 3.34. The highest BCUT2D eigenvalue weighted by Gasteiger charge is 2.09. The van der Waals surface area contributed by atoms with Crippen LogP contribution in [0.3, 0.4) is 0 Å². The molecule has 2 rings (SSSR count). The molecular formula is C10H15N3O. The molecule has 0 aromatic heterocycles. The number of nitrogens with zero attached hydrogens (tertiary/aromatic N) is 1. The van der Waals surface area contributed by atoms with E-state index in [0.29, 0.717) is 0 Å². The monoisotopic (exact) mass is 193 g/mol. The maximum Gasteiger partial charge on any atom is 0.0612 e. The standard InChI is InChI=1S/C10H15N3O/c11-9-2-1-3-10(8-9)12-13-4-6-14-7-5-13/h1-3,8,12H,4-7,11H2. The number of rotatable bonds is 2. The zero-order valence-electron chi connectivity index (χ0n) is 8.07. The Morgan fingerprint density at radius 1 is 1.29 bits per heavy atom. The fourth-order valence-electron chi connectivity index (χ4n) is 1.47. The number of benzene rings is 1. The molecular weight excluding hydrogens is 178 g/mol. The Morgan fingerprint density at radius 3 is 2.79 bits per heavy atom. The van der Waals surface area contributed by atoms with Crippen LogP contribution in [-0.2, 0) is 4.74 Å². The van der Waals surface area contributed by atoms with Crippen molar-refractivity contribution in [1.82, 2.24) is 5.01 Å². The lowest BCUT2D eigenvalue weighted by Crippen LogP contribution is -2.40. The highest BCUT2D eigenvalue weighted by molar-refractivity contribution is 5.53. The molecule has 1 fully saturated rings. The molecule has 1 aliphatic rings. The number of anilines is 2. The number of ether oxygens (including phenoxy) is 1. The number of nitrogens with two attached hydrogens (primary N) is 1. The molecule has 0 amide bonds. The summed E-state index contributed by atoms with van der Waals surface area (Å²) in [6, 6.07) is 7.75. The molecule has 0 bridgehead atoms. The molecule has 0 spiro atoms. The fourth-order valence-corrected chi connectivity index (χ4v) is 1.47. The van der Waals surface area contributed by atoms with Gasteiger partial charge in [0.15, 0.2) is 0 Å². The molecule has 0 unspecified atom stereocenters. The van der Waals surface area contributed by atoms with Crippen LogP contribution < -0.4 is 11.2 Å². The zero-order chi connectivity index (χ0) is 9.80. The molecule has 1 heterocycles. The molecule has 4 heteroatoms. The Bertz CT molecular complexity index is 297. The van der Waals surface area contributed by atoms with E-state index in [1.54, 1.807) is 0 Å². The summed E-state index contributed by atoms with van der Waals surface area (Å²) in [4.78, 5) is 0. The van der Waals surface area contributed by atoms with E-state index in [1.807, 2.05) is 24.3 Å². The van der Waals surface area contributed by atoms with Crippen LogP contribution in [0, 0.1) is 0 Å². The Morgan fingerprint density at radius 2 is 2.07 bits per heavy atom. The van der Waals surface area contributed by atoms with Gasteiger partial charge in [-0.15, -0.1) is 0 Å². The number of hydrazine groups is 1. The second-order valence-corrected chi connectivity index (χ2v) is 3.34. The molecule has 1 aliphatic heterocycles. The minimum Gasteiger partial charge on any atom is -0.399 e. The van der Waals surface area contributed by atoms with E-state index in [2.05, 4.69) is 10.4 Å². The van der Waals surface area contributed by atoms with Crippen molar-refractivity contribution in [2.45, 2.75) is 0 Å². The molecule has 0 aliphatic carbocycles. The Kier molecular flexibility index (Phi) is 2.86. The molecule has 14 heavy (non-hydrogen) atoms. The lowest BCUT2D eigenvalue weighted by molar-refractivity contribution is 0.0497. The average molecular weight is 193 g/mol. The first-order valence-electron chi connectivity index (χ1n) is 4.79. The van der Waals surface area contributed by atoms with Gasteiger partial charge < -0.3 is 15.9 Å². The molecule has 1 aromatic carbocycles. The average Bonchev–Trinajstić information content (AvgIpc) is 2.19. The zero-order valence-corrected chi connectivity index (χ0v) is 8.07. The third kappa shape index (κ3) is 2.37. The van der Waals surface area contributed by atoms with Gasteiger partial charge in [-0.1, -0.05) is 6.07 Å². The van der Waals surface area contributed by atoms with E-state index >= 15 is 0 Å². The van der Waals surface area contributed by atoms with Crippen molar-refractivity contribution < 1.29 is 4.74 Å².